The lowest BCUT2D eigenvalue weighted by atomic mass is 10.3. The Morgan fingerprint density at radius 1 is 1.47 bits per heavy atom. The second-order valence-corrected chi connectivity index (χ2v) is 5.34. The lowest BCUT2D eigenvalue weighted by Crippen LogP contribution is -2.20. The highest BCUT2D eigenvalue weighted by Crippen LogP contribution is 2.31. The number of rotatable bonds is 1. The number of nitrogens with zero attached hydrogens (tertiary/aromatic N) is 2. The SMILES string of the molecule is ClC1CCN(c2nccc3ccsc23)C1. The van der Waals surface area contributed by atoms with Gasteiger partial charge in [-0.25, -0.2) is 4.98 Å². The van der Waals surface area contributed by atoms with Gasteiger partial charge < -0.3 is 4.90 Å². The third-order valence-electron chi connectivity index (χ3n) is 2.78. The minimum atomic E-state index is 0.280. The molecular weight excluding hydrogens is 228 g/mol. The fourth-order valence-electron chi connectivity index (χ4n) is 2.01. The number of thiophene rings is 1. The van der Waals surface area contributed by atoms with Gasteiger partial charge in [-0.15, -0.1) is 22.9 Å². The van der Waals surface area contributed by atoms with E-state index >= 15 is 0 Å². The lowest BCUT2D eigenvalue weighted by molar-refractivity contribution is 0.948. The summed E-state index contributed by atoms with van der Waals surface area (Å²) in [5.41, 5.74) is 0. The first-order valence-corrected chi connectivity index (χ1v) is 6.37. The van der Waals surface area contributed by atoms with Crippen molar-refractivity contribution in [3.05, 3.63) is 23.7 Å². The quantitative estimate of drug-likeness (QED) is 0.710. The molecule has 1 aliphatic heterocycles. The average molecular weight is 239 g/mol. The van der Waals surface area contributed by atoms with Crippen LogP contribution in [0.3, 0.4) is 0 Å². The summed E-state index contributed by atoms with van der Waals surface area (Å²) < 4.78 is 1.28. The summed E-state index contributed by atoms with van der Waals surface area (Å²) in [4.78, 5) is 6.76. The van der Waals surface area contributed by atoms with Crippen LogP contribution < -0.4 is 4.90 Å². The first kappa shape index (κ1) is 9.43. The average Bonchev–Trinajstić information content (AvgIpc) is 2.84. The minimum absolute atomic E-state index is 0.280. The van der Waals surface area contributed by atoms with E-state index in [9.17, 15) is 0 Å². The molecule has 0 aliphatic carbocycles. The van der Waals surface area contributed by atoms with Crippen LogP contribution in [0.25, 0.3) is 10.1 Å². The van der Waals surface area contributed by atoms with Crippen LogP contribution in [0.4, 0.5) is 5.82 Å². The van der Waals surface area contributed by atoms with Gasteiger partial charge in [-0.05, 0) is 29.3 Å². The molecule has 1 atom stereocenters. The maximum Gasteiger partial charge on any atom is 0.146 e. The third kappa shape index (κ3) is 1.60. The number of pyridine rings is 1. The van der Waals surface area contributed by atoms with Crippen molar-refractivity contribution < 1.29 is 0 Å². The molecule has 0 spiro atoms. The molecule has 0 amide bonds. The largest absolute Gasteiger partial charge is 0.354 e. The minimum Gasteiger partial charge on any atom is -0.354 e. The number of hydrogen-bond donors (Lipinski definition) is 0. The van der Waals surface area contributed by atoms with Crippen LogP contribution in [0.5, 0.6) is 0 Å². The number of anilines is 1. The summed E-state index contributed by atoms with van der Waals surface area (Å²) in [5, 5.41) is 3.68. The standard InChI is InChI=1S/C11H11ClN2S/c12-9-2-5-14(7-9)11-10-8(1-4-13-11)3-6-15-10/h1,3-4,6,9H,2,5,7H2. The first-order valence-electron chi connectivity index (χ1n) is 5.06. The molecule has 0 aromatic carbocycles. The van der Waals surface area contributed by atoms with Crippen molar-refractivity contribution in [1.29, 1.82) is 0 Å². The second kappa shape index (κ2) is 3.65. The highest BCUT2D eigenvalue weighted by Gasteiger charge is 2.22. The van der Waals surface area contributed by atoms with E-state index in [0.717, 1.165) is 25.3 Å². The van der Waals surface area contributed by atoms with Gasteiger partial charge in [-0.3, -0.25) is 0 Å². The van der Waals surface area contributed by atoms with Crippen molar-refractivity contribution in [3.8, 4) is 0 Å². The van der Waals surface area contributed by atoms with Crippen molar-refractivity contribution in [2.24, 2.45) is 0 Å². The molecule has 0 N–H and O–H groups in total. The number of hydrogen-bond acceptors (Lipinski definition) is 3. The van der Waals surface area contributed by atoms with Crippen LogP contribution >= 0.6 is 22.9 Å². The van der Waals surface area contributed by atoms with Crippen molar-refractivity contribution in [3.63, 3.8) is 0 Å². The highest BCUT2D eigenvalue weighted by molar-refractivity contribution is 7.17. The first-order chi connectivity index (χ1) is 7.34. The smallest absolute Gasteiger partial charge is 0.146 e. The number of fused-ring (bicyclic) bond motifs is 1. The maximum atomic E-state index is 6.12. The van der Waals surface area contributed by atoms with E-state index in [1.165, 1.54) is 10.1 Å². The fourth-order valence-corrected chi connectivity index (χ4v) is 3.19. The Bertz CT molecular complexity index is 482. The summed E-state index contributed by atoms with van der Waals surface area (Å²) in [6.07, 6.45) is 2.94. The molecule has 78 valence electrons. The van der Waals surface area contributed by atoms with Gasteiger partial charge in [0.2, 0.25) is 0 Å². The van der Waals surface area contributed by atoms with Gasteiger partial charge in [-0.1, -0.05) is 0 Å². The molecule has 1 unspecified atom stereocenters. The van der Waals surface area contributed by atoms with E-state index in [1.807, 2.05) is 6.20 Å². The number of alkyl halides is 1. The normalized spacial score (nSPS) is 21.4. The van der Waals surface area contributed by atoms with Gasteiger partial charge in [0.1, 0.15) is 5.82 Å². The Labute approximate surface area is 97.5 Å². The molecule has 3 heterocycles. The van der Waals surface area contributed by atoms with Crippen LogP contribution in [-0.2, 0) is 0 Å². The zero-order valence-electron chi connectivity index (χ0n) is 8.19. The van der Waals surface area contributed by atoms with E-state index in [1.54, 1.807) is 11.3 Å². The number of aromatic nitrogens is 1. The fraction of sp³-hybridized carbons (Fsp3) is 0.364. The highest BCUT2D eigenvalue weighted by atomic mass is 35.5. The maximum absolute atomic E-state index is 6.12. The zero-order valence-corrected chi connectivity index (χ0v) is 9.76. The monoisotopic (exact) mass is 238 g/mol. The summed E-state index contributed by atoms with van der Waals surface area (Å²) in [6.45, 7) is 1.95. The molecule has 3 rings (SSSR count). The Kier molecular flexibility index (Phi) is 2.29. The van der Waals surface area contributed by atoms with Crippen LogP contribution in [0, 0.1) is 0 Å². The Morgan fingerprint density at radius 2 is 2.40 bits per heavy atom. The predicted octanol–water partition coefficient (Wildman–Crippen LogP) is 3.11. The summed E-state index contributed by atoms with van der Waals surface area (Å²) in [7, 11) is 0. The topological polar surface area (TPSA) is 16.1 Å². The third-order valence-corrected chi connectivity index (χ3v) is 4.06. The molecule has 4 heteroatoms. The van der Waals surface area contributed by atoms with E-state index in [2.05, 4.69) is 27.4 Å². The molecule has 0 radical (unpaired) electrons. The molecular formula is C11H11ClN2S. The van der Waals surface area contributed by atoms with Gasteiger partial charge in [0.15, 0.2) is 0 Å². The van der Waals surface area contributed by atoms with Crippen LogP contribution in [0.2, 0.25) is 0 Å². The van der Waals surface area contributed by atoms with Gasteiger partial charge in [-0.2, -0.15) is 0 Å². The van der Waals surface area contributed by atoms with E-state index in [4.69, 9.17) is 11.6 Å². The van der Waals surface area contributed by atoms with Gasteiger partial charge in [0.05, 0.1) is 10.1 Å². The predicted molar refractivity (Wildman–Crippen MR) is 66.1 cm³/mol. The molecule has 15 heavy (non-hydrogen) atoms. The molecule has 1 saturated heterocycles. The van der Waals surface area contributed by atoms with Gasteiger partial charge in [0, 0.05) is 19.3 Å². The van der Waals surface area contributed by atoms with E-state index < -0.39 is 0 Å². The molecule has 2 aromatic rings. The van der Waals surface area contributed by atoms with Crippen molar-refractivity contribution in [2.45, 2.75) is 11.8 Å². The molecule has 0 saturated carbocycles. The molecule has 1 fully saturated rings. The summed E-state index contributed by atoms with van der Waals surface area (Å²) in [5.74, 6) is 1.10. The Morgan fingerprint density at radius 3 is 3.20 bits per heavy atom. The Hall–Kier alpha value is -0.800. The van der Waals surface area contributed by atoms with Crippen LogP contribution in [-0.4, -0.2) is 23.5 Å². The van der Waals surface area contributed by atoms with Crippen molar-refractivity contribution in [2.75, 3.05) is 18.0 Å². The Balaban J connectivity index is 2.06. The molecule has 1 aliphatic rings. The number of halogens is 1. The molecule has 2 nitrogen and oxygen atoms in total. The second-order valence-electron chi connectivity index (χ2n) is 3.81. The van der Waals surface area contributed by atoms with E-state index in [0.29, 0.717) is 0 Å². The molecule has 0 bridgehead atoms. The van der Waals surface area contributed by atoms with Crippen LogP contribution in [0.1, 0.15) is 6.42 Å². The lowest BCUT2D eigenvalue weighted by Gasteiger charge is -2.16. The summed E-state index contributed by atoms with van der Waals surface area (Å²) in [6, 6.07) is 4.20. The zero-order chi connectivity index (χ0) is 10.3. The van der Waals surface area contributed by atoms with Crippen molar-refractivity contribution in [1.82, 2.24) is 4.98 Å². The van der Waals surface area contributed by atoms with Gasteiger partial charge in [0.25, 0.3) is 0 Å². The van der Waals surface area contributed by atoms with Crippen molar-refractivity contribution >= 4 is 38.8 Å². The van der Waals surface area contributed by atoms with Gasteiger partial charge >= 0.3 is 0 Å². The van der Waals surface area contributed by atoms with E-state index in [-0.39, 0.29) is 5.38 Å². The van der Waals surface area contributed by atoms with Crippen LogP contribution in [0.15, 0.2) is 23.7 Å². The summed E-state index contributed by atoms with van der Waals surface area (Å²) >= 11 is 7.87. The molecule has 2 aromatic heterocycles.